The van der Waals surface area contributed by atoms with Crippen molar-refractivity contribution in [3.8, 4) is 0 Å². The minimum atomic E-state index is -0.390. The molecule has 1 atom stereocenters. The molecule has 12 heavy (non-hydrogen) atoms. The van der Waals surface area contributed by atoms with Crippen LogP contribution in [0.4, 0.5) is 4.79 Å². The van der Waals surface area contributed by atoms with E-state index in [0.29, 0.717) is 6.54 Å². The van der Waals surface area contributed by atoms with Crippen molar-refractivity contribution in [3.05, 3.63) is 24.3 Å². The first-order valence-electron chi connectivity index (χ1n) is 3.56. The molecule has 0 aliphatic carbocycles. The molecule has 0 aromatic carbocycles. The maximum absolute atomic E-state index is 10.7. The predicted octanol–water partition coefficient (Wildman–Crippen LogP) is 0.257. The highest BCUT2D eigenvalue weighted by molar-refractivity contribution is 5.69. The number of rotatable bonds is 1. The van der Waals surface area contributed by atoms with Gasteiger partial charge < -0.3 is 10.1 Å². The van der Waals surface area contributed by atoms with Crippen LogP contribution in [0.1, 0.15) is 11.8 Å². The number of carbonyl (C=O) groups excluding carboxylic acids is 1. The topological polar surface area (TPSA) is 64.1 Å². The molecule has 1 N–H and O–H groups in total. The van der Waals surface area contributed by atoms with Gasteiger partial charge >= 0.3 is 6.09 Å². The highest BCUT2D eigenvalue weighted by atomic mass is 16.6. The van der Waals surface area contributed by atoms with Crippen LogP contribution in [0.15, 0.2) is 18.6 Å². The molecule has 1 aliphatic heterocycles. The van der Waals surface area contributed by atoms with Gasteiger partial charge in [0.15, 0.2) is 6.10 Å². The van der Waals surface area contributed by atoms with E-state index in [-0.39, 0.29) is 6.10 Å². The number of cyclic esters (lactones) is 1. The highest BCUT2D eigenvalue weighted by Crippen LogP contribution is 2.16. The predicted molar refractivity (Wildman–Crippen MR) is 39.3 cm³/mol. The zero-order chi connectivity index (χ0) is 8.39. The van der Waals surface area contributed by atoms with Crippen LogP contribution in [-0.2, 0) is 4.74 Å². The SMILES string of the molecule is O=C1NC[C@H](c2ccncn2)O1. The van der Waals surface area contributed by atoms with E-state index in [1.54, 1.807) is 12.3 Å². The summed E-state index contributed by atoms with van der Waals surface area (Å²) in [4.78, 5) is 18.4. The largest absolute Gasteiger partial charge is 0.438 e. The second-order valence-corrected chi connectivity index (χ2v) is 2.41. The molecular formula is C7H7N3O2. The van der Waals surface area contributed by atoms with Crippen LogP contribution in [0.25, 0.3) is 0 Å². The van der Waals surface area contributed by atoms with E-state index in [9.17, 15) is 4.79 Å². The fourth-order valence-electron chi connectivity index (χ4n) is 1.04. The molecule has 0 saturated carbocycles. The van der Waals surface area contributed by atoms with E-state index in [1.165, 1.54) is 6.33 Å². The van der Waals surface area contributed by atoms with Gasteiger partial charge in [0.25, 0.3) is 0 Å². The van der Waals surface area contributed by atoms with E-state index in [4.69, 9.17) is 4.74 Å². The van der Waals surface area contributed by atoms with Crippen LogP contribution in [0.5, 0.6) is 0 Å². The van der Waals surface area contributed by atoms with Crippen molar-refractivity contribution in [2.24, 2.45) is 0 Å². The van der Waals surface area contributed by atoms with Gasteiger partial charge in [-0.15, -0.1) is 0 Å². The third-order valence-corrected chi connectivity index (χ3v) is 1.62. The summed E-state index contributed by atoms with van der Waals surface area (Å²) in [6, 6.07) is 1.73. The summed E-state index contributed by atoms with van der Waals surface area (Å²) in [5.74, 6) is 0. The van der Waals surface area contributed by atoms with E-state index in [1.807, 2.05) is 0 Å². The van der Waals surface area contributed by atoms with Gasteiger partial charge in [-0.1, -0.05) is 0 Å². The van der Waals surface area contributed by atoms with E-state index in [2.05, 4.69) is 15.3 Å². The van der Waals surface area contributed by atoms with Crippen molar-refractivity contribution in [2.45, 2.75) is 6.10 Å². The summed E-state index contributed by atoms with van der Waals surface area (Å²) in [7, 11) is 0. The molecule has 1 aromatic rings. The number of aromatic nitrogens is 2. The maximum atomic E-state index is 10.7. The Bertz CT molecular complexity index is 288. The monoisotopic (exact) mass is 165 g/mol. The Morgan fingerprint density at radius 1 is 1.67 bits per heavy atom. The number of carbonyl (C=O) groups is 1. The average molecular weight is 165 g/mol. The first-order valence-corrected chi connectivity index (χ1v) is 3.56. The Hall–Kier alpha value is -1.65. The molecule has 5 heteroatoms. The molecule has 1 aromatic heterocycles. The van der Waals surface area contributed by atoms with Gasteiger partial charge in [-0.25, -0.2) is 14.8 Å². The molecule has 2 rings (SSSR count). The lowest BCUT2D eigenvalue weighted by Gasteiger charge is -2.04. The minimum Gasteiger partial charge on any atom is -0.438 e. The van der Waals surface area contributed by atoms with E-state index < -0.39 is 6.09 Å². The Kier molecular flexibility index (Phi) is 1.62. The molecule has 1 saturated heterocycles. The lowest BCUT2D eigenvalue weighted by Crippen LogP contribution is -2.12. The van der Waals surface area contributed by atoms with E-state index in [0.717, 1.165) is 5.69 Å². The zero-order valence-electron chi connectivity index (χ0n) is 6.23. The van der Waals surface area contributed by atoms with Gasteiger partial charge in [0.05, 0.1) is 12.2 Å². The van der Waals surface area contributed by atoms with Crippen LogP contribution in [-0.4, -0.2) is 22.6 Å². The molecule has 1 amide bonds. The van der Waals surface area contributed by atoms with Gasteiger partial charge in [0, 0.05) is 6.20 Å². The third kappa shape index (κ3) is 1.20. The Morgan fingerprint density at radius 3 is 3.17 bits per heavy atom. The van der Waals surface area contributed by atoms with Crippen molar-refractivity contribution < 1.29 is 9.53 Å². The number of nitrogens with zero attached hydrogens (tertiary/aromatic N) is 2. The molecule has 2 heterocycles. The number of ether oxygens (including phenoxy) is 1. The second-order valence-electron chi connectivity index (χ2n) is 2.41. The molecule has 1 aliphatic rings. The average Bonchev–Trinajstić information content (AvgIpc) is 2.54. The van der Waals surface area contributed by atoms with Crippen LogP contribution in [0.2, 0.25) is 0 Å². The quantitative estimate of drug-likeness (QED) is 0.648. The molecule has 0 radical (unpaired) electrons. The number of nitrogens with one attached hydrogen (secondary N) is 1. The molecule has 0 spiro atoms. The van der Waals surface area contributed by atoms with Crippen molar-refractivity contribution in [1.29, 1.82) is 0 Å². The molecule has 1 fully saturated rings. The summed E-state index contributed by atoms with van der Waals surface area (Å²) in [6.45, 7) is 0.482. The van der Waals surface area contributed by atoms with Crippen molar-refractivity contribution in [2.75, 3.05) is 6.54 Å². The Morgan fingerprint density at radius 2 is 2.58 bits per heavy atom. The smallest absolute Gasteiger partial charge is 0.408 e. The summed E-state index contributed by atoms with van der Waals surface area (Å²) in [5, 5.41) is 2.55. The number of hydrogen-bond acceptors (Lipinski definition) is 4. The first-order chi connectivity index (χ1) is 5.86. The fourth-order valence-corrected chi connectivity index (χ4v) is 1.04. The van der Waals surface area contributed by atoms with E-state index >= 15 is 0 Å². The van der Waals surface area contributed by atoms with Crippen molar-refractivity contribution in [3.63, 3.8) is 0 Å². The molecule has 0 bridgehead atoms. The Labute approximate surface area is 68.8 Å². The number of alkyl carbamates (subject to hydrolysis) is 1. The van der Waals surface area contributed by atoms with Gasteiger partial charge in [0.1, 0.15) is 6.33 Å². The third-order valence-electron chi connectivity index (χ3n) is 1.62. The van der Waals surface area contributed by atoms with Gasteiger partial charge in [0.2, 0.25) is 0 Å². The highest BCUT2D eigenvalue weighted by Gasteiger charge is 2.24. The molecule has 62 valence electrons. The summed E-state index contributed by atoms with van der Waals surface area (Å²) >= 11 is 0. The summed E-state index contributed by atoms with van der Waals surface area (Å²) in [5.41, 5.74) is 0.725. The molecule has 5 nitrogen and oxygen atoms in total. The standard InChI is InChI=1S/C7H7N3O2/c11-7-9-3-6(12-7)5-1-2-8-4-10-5/h1-2,4,6H,3H2,(H,9,11)/t6-/m1/s1. The number of hydrogen-bond donors (Lipinski definition) is 1. The van der Waals surface area contributed by atoms with Crippen LogP contribution >= 0.6 is 0 Å². The van der Waals surface area contributed by atoms with Crippen molar-refractivity contribution in [1.82, 2.24) is 15.3 Å². The zero-order valence-corrected chi connectivity index (χ0v) is 6.23. The molecule has 0 unspecified atom stereocenters. The summed E-state index contributed by atoms with van der Waals surface area (Å²) < 4.78 is 4.91. The first kappa shape index (κ1) is 7.02. The maximum Gasteiger partial charge on any atom is 0.408 e. The second kappa shape index (κ2) is 2.77. The Balaban J connectivity index is 2.16. The molecular weight excluding hydrogens is 158 g/mol. The minimum absolute atomic E-state index is 0.263. The van der Waals surface area contributed by atoms with Crippen molar-refractivity contribution >= 4 is 6.09 Å². The van der Waals surface area contributed by atoms with Gasteiger partial charge in [-0.3, -0.25) is 0 Å². The van der Waals surface area contributed by atoms with Gasteiger partial charge in [-0.2, -0.15) is 0 Å². The normalized spacial score (nSPS) is 21.7. The lowest BCUT2D eigenvalue weighted by atomic mass is 10.2. The number of amides is 1. The van der Waals surface area contributed by atoms with Gasteiger partial charge in [-0.05, 0) is 6.07 Å². The summed E-state index contributed by atoms with van der Waals surface area (Å²) in [6.07, 6.45) is 2.40. The van der Waals surface area contributed by atoms with Crippen LogP contribution < -0.4 is 5.32 Å². The van der Waals surface area contributed by atoms with Crippen LogP contribution in [0, 0.1) is 0 Å². The lowest BCUT2D eigenvalue weighted by molar-refractivity contribution is 0.139. The fraction of sp³-hybridized carbons (Fsp3) is 0.286. The van der Waals surface area contributed by atoms with Crippen LogP contribution in [0.3, 0.4) is 0 Å².